The molecule has 0 radical (unpaired) electrons. The van der Waals surface area contributed by atoms with Crippen LogP contribution in [0.2, 0.25) is 5.02 Å². The van der Waals surface area contributed by atoms with Gasteiger partial charge in [0.2, 0.25) is 15.9 Å². The number of nitrogens with zero attached hydrogens (tertiary/aromatic N) is 1. The van der Waals surface area contributed by atoms with Gasteiger partial charge >= 0.3 is 0 Å². The molecule has 1 aliphatic heterocycles. The average molecular weight is 423 g/mol. The van der Waals surface area contributed by atoms with Crippen molar-refractivity contribution in [3.8, 4) is 5.75 Å². The second-order valence-corrected chi connectivity index (χ2v) is 9.48. The lowest BCUT2D eigenvalue weighted by molar-refractivity contribution is -0.121. The SMILES string of the molecule is NC(=O)CC1(COc2ccccc2)CCN(S(=O)(=O)c2ccc(Cl)cc2)CC1. The summed E-state index contributed by atoms with van der Waals surface area (Å²) >= 11 is 5.85. The van der Waals surface area contributed by atoms with Crippen LogP contribution in [0.15, 0.2) is 59.5 Å². The Bertz CT molecular complexity index is 909. The molecule has 1 saturated heterocycles. The zero-order chi connectivity index (χ0) is 20.2. The van der Waals surface area contributed by atoms with E-state index in [-0.39, 0.29) is 11.3 Å². The van der Waals surface area contributed by atoms with Crippen LogP contribution in [0.1, 0.15) is 19.3 Å². The monoisotopic (exact) mass is 422 g/mol. The van der Waals surface area contributed by atoms with Gasteiger partial charge in [-0.2, -0.15) is 4.31 Å². The van der Waals surface area contributed by atoms with Gasteiger partial charge in [0.1, 0.15) is 5.75 Å². The summed E-state index contributed by atoms with van der Waals surface area (Å²) in [4.78, 5) is 11.8. The van der Waals surface area contributed by atoms with Crippen molar-refractivity contribution < 1.29 is 17.9 Å². The number of ether oxygens (including phenoxy) is 1. The molecule has 0 spiro atoms. The summed E-state index contributed by atoms with van der Waals surface area (Å²) in [6, 6.07) is 15.5. The number of amides is 1. The molecule has 1 heterocycles. The van der Waals surface area contributed by atoms with Crippen LogP contribution in [-0.4, -0.2) is 38.3 Å². The van der Waals surface area contributed by atoms with E-state index in [1.807, 2.05) is 30.3 Å². The molecule has 2 aromatic rings. The number of nitrogens with two attached hydrogens (primary N) is 1. The lowest BCUT2D eigenvalue weighted by Crippen LogP contribution is -2.47. The van der Waals surface area contributed by atoms with Crippen molar-refractivity contribution in [3.05, 3.63) is 59.6 Å². The molecule has 1 aliphatic rings. The van der Waals surface area contributed by atoms with Crippen molar-refractivity contribution in [2.24, 2.45) is 11.1 Å². The molecule has 2 aromatic carbocycles. The van der Waals surface area contributed by atoms with Gasteiger partial charge in [-0.25, -0.2) is 8.42 Å². The van der Waals surface area contributed by atoms with Gasteiger partial charge in [0.05, 0.1) is 11.5 Å². The zero-order valence-corrected chi connectivity index (χ0v) is 17.0. The minimum Gasteiger partial charge on any atom is -0.493 e. The van der Waals surface area contributed by atoms with Crippen molar-refractivity contribution in [1.82, 2.24) is 4.31 Å². The summed E-state index contributed by atoms with van der Waals surface area (Å²) in [6.07, 6.45) is 1.15. The Labute approximate surface area is 170 Å². The van der Waals surface area contributed by atoms with E-state index in [1.165, 1.54) is 16.4 Å². The molecule has 8 heteroatoms. The number of para-hydroxylation sites is 1. The quantitative estimate of drug-likeness (QED) is 0.742. The molecule has 0 saturated carbocycles. The second-order valence-electron chi connectivity index (χ2n) is 7.10. The average Bonchev–Trinajstić information content (AvgIpc) is 2.67. The molecule has 6 nitrogen and oxygen atoms in total. The third kappa shape index (κ3) is 4.84. The van der Waals surface area contributed by atoms with Crippen LogP contribution in [0.4, 0.5) is 0 Å². The standard InChI is InChI=1S/C20H23ClN2O4S/c21-16-6-8-18(9-7-16)28(25,26)23-12-10-20(11-13-23,14-19(22)24)15-27-17-4-2-1-3-5-17/h1-9H,10-15H2,(H2,22,24). The first-order chi connectivity index (χ1) is 13.3. The summed E-state index contributed by atoms with van der Waals surface area (Å²) in [7, 11) is -3.61. The Morgan fingerprint density at radius 3 is 2.25 bits per heavy atom. The zero-order valence-electron chi connectivity index (χ0n) is 15.4. The maximum Gasteiger partial charge on any atom is 0.243 e. The van der Waals surface area contributed by atoms with Crippen LogP contribution in [-0.2, 0) is 14.8 Å². The van der Waals surface area contributed by atoms with Crippen molar-refractivity contribution >= 4 is 27.5 Å². The molecule has 150 valence electrons. The molecule has 3 rings (SSSR count). The van der Waals surface area contributed by atoms with Crippen molar-refractivity contribution in [1.29, 1.82) is 0 Å². The molecule has 28 heavy (non-hydrogen) atoms. The summed E-state index contributed by atoms with van der Waals surface area (Å²) in [5.41, 5.74) is 4.99. The van der Waals surface area contributed by atoms with Crippen LogP contribution in [0.3, 0.4) is 0 Å². The number of rotatable bonds is 7. The highest BCUT2D eigenvalue weighted by atomic mass is 35.5. The topological polar surface area (TPSA) is 89.7 Å². The van der Waals surface area contributed by atoms with Gasteiger partial charge in [0.15, 0.2) is 0 Å². The molecule has 0 aromatic heterocycles. The maximum atomic E-state index is 12.9. The highest BCUT2D eigenvalue weighted by Crippen LogP contribution is 2.37. The van der Waals surface area contributed by atoms with Gasteiger partial charge in [0, 0.05) is 29.9 Å². The molecule has 2 N–H and O–H groups in total. The number of sulfonamides is 1. The van der Waals surface area contributed by atoms with E-state index in [4.69, 9.17) is 22.1 Å². The third-order valence-corrected chi connectivity index (χ3v) is 7.24. The van der Waals surface area contributed by atoms with Gasteiger partial charge in [-0.3, -0.25) is 4.79 Å². The van der Waals surface area contributed by atoms with Gasteiger partial charge < -0.3 is 10.5 Å². The summed E-state index contributed by atoms with van der Waals surface area (Å²) < 4.78 is 33.1. The first-order valence-corrected chi connectivity index (χ1v) is 10.8. The summed E-state index contributed by atoms with van der Waals surface area (Å²) in [5.74, 6) is 0.299. The van der Waals surface area contributed by atoms with Crippen LogP contribution in [0.25, 0.3) is 0 Å². The van der Waals surface area contributed by atoms with Crippen LogP contribution in [0, 0.1) is 5.41 Å². The molecular formula is C20H23ClN2O4S. The Hall–Kier alpha value is -2.09. The third-order valence-electron chi connectivity index (χ3n) is 5.07. The number of halogens is 1. The second kappa shape index (κ2) is 8.51. The van der Waals surface area contributed by atoms with E-state index in [0.29, 0.717) is 43.3 Å². The largest absolute Gasteiger partial charge is 0.493 e. The maximum absolute atomic E-state index is 12.9. The Balaban J connectivity index is 1.71. The summed E-state index contributed by atoms with van der Waals surface area (Å²) in [6.45, 7) is 0.918. The normalized spacial score (nSPS) is 17.2. The predicted molar refractivity (Wildman–Crippen MR) is 108 cm³/mol. The van der Waals surface area contributed by atoms with Crippen LogP contribution < -0.4 is 10.5 Å². The Morgan fingerprint density at radius 1 is 1.07 bits per heavy atom. The fourth-order valence-electron chi connectivity index (χ4n) is 3.45. The van der Waals surface area contributed by atoms with Gasteiger partial charge in [-0.05, 0) is 49.2 Å². The van der Waals surface area contributed by atoms with Gasteiger partial charge in [-0.1, -0.05) is 29.8 Å². The van der Waals surface area contributed by atoms with Gasteiger partial charge in [0.25, 0.3) is 0 Å². The molecule has 0 bridgehead atoms. The van der Waals surface area contributed by atoms with E-state index in [0.717, 1.165) is 0 Å². The fourth-order valence-corrected chi connectivity index (χ4v) is 5.02. The van der Waals surface area contributed by atoms with E-state index < -0.39 is 21.3 Å². The van der Waals surface area contributed by atoms with Gasteiger partial charge in [-0.15, -0.1) is 0 Å². The smallest absolute Gasteiger partial charge is 0.243 e. The number of carbonyl (C=O) groups excluding carboxylic acids is 1. The van der Waals surface area contributed by atoms with E-state index in [9.17, 15) is 13.2 Å². The highest BCUT2D eigenvalue weighted by Gasteiger charge is 2.40. The fraction of sp³-hybridized carbons (Fsp3) is 0.350. The first kappa shape index (κ1) is 20.6. The molecule has 0 atom stereocenters. The van der Waals surface area contributed by atoms with Crippen molar-refractivity contribution in [3.63, 3.8) is 0 Å². The number of hydrogen-bond donors (Lipinski definition) is 1. The first-order valence-electron chi connectivity index (χ1n) is 9.03. The molecule has 0 unspecified atom stereocenters. The lowest BCUT2D eigenvalue weighted by Gasteiger charge is -2.40. The molecule has 1 fully saturated rings. The van der Waals surface area contributed by atoms with E-state index in [2.05, 4.69) is 0 Å². The minimum absolute atomic E-state index is 0.161. The molecular weight excluding hydrogens is 400 g/mol. The Morgan fingerprint density at radius 2 is 1.68 bits per heavy atom. The van der Waals surface area contributed by atoms with E-state index >= 15 is 0 Å². The van der Waals surface area contributed by atoms with Crippen molar-refractivity contribution in [2.75, 3.05) is 19.7 Å². The van der Waals surface area contributed by atoms with Crippen LogP contribution >= 0.6 is 11.6 Å². The van der Waals surface area contributed by atoms with Crippen LogP contribution in [0.5, 0.6) is 5.75 Å². The predicted octanol–water partition coefficient (Wildman–Crippen LogP) is 3.07. The number of primary amides is 1. The summed E-state index contributed by atoms with van der Waals surface area (Å²) in [5, 5.41) is 0.483. The number of benzene rings is 2. The number of hydrogen-bond acceptors (Lipinski definition) is 4. The number of carbonyl (C=O) groups is 1. The number of piperidine rings is 1. The lowest BCUT2D eigenvalue weighted by atomic mass is 9.76. The van der Waals surface area contributed by atoms with Crippen molar-refractivity contribution in [2.45, 2.75) is 24.2 Å². The minimum atomic E-state index is -3.61. The van der Waals surface area contributed by atoms with E-state index in [1.54, 1.807) is 12.1 Å². The molecule has 1 amide bonds. The Kier molecular flexibility index (Phi) is 6.27. The molecule has 0 aliphatic carbocycles. The highest BCUT2D eigenvalue weighted by molar-refractivity contribution is 7.89.